The van der Waals surface area contributed by atoms with Gasteiger partial charge in [-0.25, -0.2) is 19.3 Å². The first-order valence-corrected chi connectivity index (χ1v) is 10.5. The monoisotopic (exact) mass is 457 g/mol. The summed E-state index contributed by atoms with van der Waals surface area (Å²) in [7, 11) is 1.39. The number of carbonyl (C=O) groups is 1. The van der Waals surface area contributed by atoms with Crippen molar-refractivity contribution in [2.75, 3.05) is 11.9 Å². The molecule has 5 aromatic rings. The number of benzene rings is 3. The van der Waals surface area contributed by atoms with E-state index in [2.05, 4.69) is 20.2 Å². The molecule has 9 heteroatoms. The number of fused-ring (bicyclic) bond motifs is 2. The third-order valence-corrected chi connectivity index (χ3v) is 5.81. The van der Waals surface area contributed by atoms with Crippen LogP contribution >= 0.6 is 0 Å². The quantitative estimate of drug-likeness (QED) is 0.364. The smallest absolute Gasteiger partial charge is 0.413 e. The molecule has 0 saturated carbocycles. The van der Waals surface area contributed by atoms with Crippen LogP contribution in [0.15, 0.2) is 59.4 Å². The van der Waals surface area contributed by atoms with E-state index in [4.69, 9.17) is 5.11 Å². The standard InChI is InChI=1S/C25H20FN5O3/c1-13-3-6-16-18(9-13)23(32)30-29-21(16)11-14-4-7-19(26)17(10-14)15-5-8-20-22(12-15)28-24(27-20)31(2)25(33)34/h3-10,12H,11H2,1-2H3,(H,27,28)(H,30,32)(H,33,34). The Morgan fingerprint density at radius 1 is 1.09 bits per heavy atom. The number of nitrogens with one attached hydrogen (secondary N) is 2. The molecule has 1 amide bonds. The van der Waals surface area contributed by atoms with Crippen molar-refractivity contribution in [2.45, 2.75) is 13.3 Å². The third-order valence-electron chi connectivity index (χ3n) is 5.81. The minimum atomic E-state index is -1.14. The van der Waals surface area contributed by atoms with Gasteiger partial charge < -0.3 is 10.1 Å². The fourth-order valence-corrected chi connectivity index (χ4v) is 3.98. The van der Waals surface area contributed by atoms with Gasteiger partial charge in [-0.1, -0.05) is 29.8 Å². The summed E-state index contributed by atoms with van der Waals surface area (Å²) in [4.78, 5) is 31.6. The van der Waals surface area contributed by atoms with E-state index in [1.165, 1.54) is 13.1 Å². The van der Waals surface area contributed by atoms with Gasteiger partial charge in [0, 0.05) is 24.4 Å². The maximum atomic E-state index is 14.8. The summed E-state index contributed by atoms with van der Waals surface area (Å²) in [6.07, 6.45) is -0.736. The molecule has 3 aromatic carbocycles. The van der Waals surface area contributed by atoms with E-state index in [0.29, 0.717) is 39.7 Å². The lowest BCUT2D eigenvalue weighted by atomic mass is 9.98. The maximum absolute atomic E-state index is 14.8. The number of hydrogen-bond donors (Lipinski definition) is 3. The largest absolute Gasteiger partial charge is 0.465 e. The van der Waals surface area contributed by atoms with Gasteiger partial charge in [0.05, 0.1) is 22.1 Å². The first-order chi connectivity index (χ1) is 16.3. The highest BCUT2D eigenvalue weighted by atomic mass is 19.1. The summed E-state index contributed by atoms with van der Waals surface area (Å²) in [5, 5.41) is 17.3. The van der Waals surface area contributed by atoms with Gasteiger partial charge in [-0.3, -0.25) is 9.69 Å². The molecule has 2 aromatic heterocycles. The Labute approximate surface area is 192 Å². The second-order valence-electron chi connectivity index (χ2n) is 8.17. The van der Waals surface area contributed by atoms with Gasteiger partial charge in [0.25, 0.3) is 5.56 Å². The number of aromatic nitrogens is 4. The average Bonchev–Trinajstić information content (AvgIpc) is 3.25. The maximum Gasteiger partial charge on any atom is 0.413 e. The van der Waals surface area contributed by atoms with Crippen molar-refractivity contribution in [3.05, 3.63) is 87.6 Å². The van der Waals surface area contributed by atoms with Gasteiger partial charge >= 0.3 is 6.09 Å². The Morgan fingerprint density at radius 3 is 2.71 bits per heavy atom. The van der Waals surface area contributed by atoms with Crippen LogP contribution in [-0.4, -0.2) is 38.4 Å². The number of H-pyrrole nitrogens is 2. The van der Waals surface area contributed by atoms with Gasteiger partial charge in [-0.15, -0.1) is 0 Å². The van der Waals surface area contributed by atoms with Crippen LogP contribution in [0.4, 0.5) is 15.1 Å². The number of halogens is 1. The average molecular weight is 457 g/mol. The Balaban J connectivity index is 1.53. The Hall–Kier alpha value is -4.53. The van der Waals surface area contributed by atoms with Gasteiger partial charge in [0.15, 0.2) is 0 Å². The topological polar surface area (TPSA) is 115 Å². The molecule has 0 radical (unpaired) electrons. The summed E-state index contributed by atoms with van der Waals surface area (Å²) in [6, 6.07) is 15.7. The highest BCUT2D eigenvalue weighted by Gasteiger charge is 2.15. The zero-order valence-corrected chi connectivity index (χ0v) is 18.4. The molecular formula is C25H20FN5O3. The Morgan fingerprint density at radius 2 is 1.91 bits per heavy atom. The van der Waals surface area contributed by atoms with Gasteiger partial charge in [0.1, 0.15) is 5.82 Å². The van der Waals surface area contributed by atoms with Crippen molar-refractivity contribution < 1.29 is 14.3 Å². The zero-order valence-electron chi connectivity index (χ0n) is 18.4. The van der Waals surface area contributed by atoms with Crippen molar-refractivity contribution in [3.63, 3.8) is 0 Å². The first-order valence-electron chi connectivity index (χ1n) is 10.5. The molecule has 0 bridgehead atoms. The summed E-state index contributed by atoms with van der Waals surface area (Å²) < 4.78 is 14.8. The van der Waals surface area contributed by atoms with Crippen molar-refractivity contribution in [2.24, 2.45) is 0 Å². The molecule has 0 fully saturated rings. The summed E-state index contributed by atoms with van der Waals surface area (Å²) in [6.45, 7) is 1.92. The Kier molecular flexibility index (Phi) is 5.09. The molecule has 0 saturated heterocycles. The molecule has 5 rings (SSSR count). The predicted octanol–water partition coefficient (Wildman–Crippen LogP) is 4.62. The number of imidazole rings is 1. The second-order valence-corrected chi connectivity index (χ2v) is 8.17. The molecular weight excluding hydrogens is 437 g/mol. The normalized spacial score (nSPS) is 11.3. The number of amides is 1. The van der Waals surface area contributed by atoms with Crippen LogP contribution in [0.2, 0.25) is 0 Å². The fourth-order valence-electron chi connectivity index (χ4n) is 3.98. The molecule has 3 N–H and O–H groups in total. The van der Waals surface area contributed by atoms with Crippen molar-refractivity contribution in [3.8, 4) is 11.1 Å². The SMILES string of the molecule is Cc1ccc2c(Cc3ccc(F)c(-c4ccc5nc(N(C)C(=O)O)[nH]c5c4)c3)n[nH]c(=O)c2c1. The molecule has 170 valence electrons. The highest BCUT2D eigenvalue weighted by Crippen LogP contribution is 2.29. The van der Waals surface area contributed by atoms with E-state index in [-0.39, 0.29) is 17.3 Å². The molecule has 2 heterocycles. The molecule has 34 heavy (non-hydrogen) atoms. The van der Waals surface area contributed by atoms with E-state index in [9.17, 15) is 14.0 Å². The van der Waals surface area contributed by atoms with Crippen molar-refractivity contribution in [1.29, 1.82) is 0 Å². The molecule has 0 aliphatic heterocycles. The number of nitrogens with zero attached hydrogens (tertiary/aromatic N) is 3. The summed E-state index contributed by atoms with van der Waals surface area (Å²) in [5.74, 6) is -0.208. The first kappa shape index (κ1) is 21.3. The minimum Gasteiger partial charge on any atom is -0.465 e. The van der Waals surface area contributed by atoms with E-state index < -0.39 is 6.09 Å². The van der Waals surface area contributed by atoms with Crippen LogP contribution in [-0.2, 0) is 6.42 Å². The van der Waals surface area contributed by atoms with Crippen LogP contribution in [0.1, 0.15) is 16.8 Å². The lowest BCUT2D eigenvalue weighted by molar-refractivity contribution is 0.203. The fraction of sp³-hybridized carbons (Fsp3) is 0.120. The van der Waals surface area contributed by atoms with Crippen molar-refractivity contribution >= 4 is 33.8 Å². The third kappa shape index (κ3) is 3.77. The van der Waals surface area contributed by atoms with Gasteiger partial charge in [-0.2, -0.15) is 5.10 Å². The molecule has 0 aliphatic carbocycles. The summed E-state index contributed by atoms with van der Waals surface area (Å²) >= 11 is 0. The van der Waals surface area contributed by atoms with Crippen LogP contribution in [0.3, 0.4) is 0 Å². The van der Waals surface area contributed by atoms with E-state index in [1.54, 1.807) is 30.3 Å². The van der Waals surface area contributed by atoms with Crippen LogP contribution in [0, 0.1) is 12.7 Å². The number of anilines is 1. The predicted molar refractivity (Wildman–Crippen MR) is 128 cm³/mol. The number of rotatable bonds is 4. The number of carboxylic acid groups (broad SMARTS) is 1. The molecule has 0 atom stereocenters. The lowest BCUT2D eigenvalue weighted by Gasteiger charge is -2.09. The Bertz CT molecular complexity index is 1640. The van der Waals surface area contributed by atoms with E-state index in [1.807, 2.05) is 25.1 Å². The number of aryl methyl sites for hydroxylation is 1. The zero-order chi connectivity index (χ0) is 24.0. The van der Waals surface area contributed by atoms with Gasteiger partial charge in [0.2, 0.25) is 5.95 Å². The van der Waals surface area contributed by atoms with Gasteiger partial charge in [-0.05, 0) is 48.4 Å². The summed E-state index contributed by atoms with van der Waals surface area (Å²) in [5.41, 5.74) is 4.43. The van der Waals surface area contributed by atoms with Crippen LogP contribution in [0.5, 0.6) is 0 Å². The van der Waals surface area contributed by atoms with Crippen molar-refractivity contribution in [1.82, 2.24) is 20.2 Å². The van der Waals surface area contributed by atoms with E-state index >= 15 is 0 Å². The van der Waals surface area contributed by atoms with E-state index in [0.717, 1.165) is 21.4 Å². The number of hydrogen-bond acceptors (Lipinski definition) is 4. The number of aromatic amines is 2. The second kappa shape index (κ2) is 8.11. The molecule has 0 spiro atoms. The molecule has 8 nitrogen and oxygen atoms in total. The van der Waals surface area contributed by atoms with Crippen LogP contribution in [0.25, 0.3) is 32.9 Å². The van der Waals surface area contributed by atoms with Crippen LogP contribution < -0.4 is 10.5 Å². The highest BCUT2D eigenvalue weighted by molar-refractivity contribution is 5.89. The molecule has 0 aliphatic rings. The lowest BCUT2D eigenvalue weighted by Crippen LogP contribution is -2.24. The minimum absolute atomic E-state index is 0.181. The molecule has 0 unspecified atom stereocenters.